The van der Waals surface area contributed by atoms with Gasteiger partial charge >= 0.3 is 5.97 Å². The highest BCUT2D eigenvalue weighted by atomic mass is 35.5. The number of rotatable bonds is 4. The van der Waals surface area contributed by atoms with Gasteiger partial charge in [0.25, 0.3) is 0 Å². The lowest BCUT2D eigenvalue weighted by Gasteiger charge is -2.33. The minimum Gasteiger partial charge on any atom is -0.480 e. The fourth-order valence-electron chi connectivity index (χ4n) is 1.61. The van der Waals surface area contributed by atoms with Crippen LogP contribution in [0.5, 0.6) is 0 Å². The van der Waals surface area contributed by atoms with Gasteiger partial charge in [-0.3, -0.25) is 4.79 Å². The molecule has 5 nitrogen and oxygen atoms in total. The van der Waals surface area contributed by atoms with Crippen molar-refractivity contribution in [2.75, 3.05) is 6.54 Å². The maximum absolute atomic E-state index is 12.6. The SMILES string of the molecule is CC(C)(C)N(CC(=O)O)S(=O)(=O)c1cccc(Cl)c1Cl. The molecule has 0 saturated carbocycles. The number of aliphatic carboxylic acids is 1. The highest BCUT2D eigenvalue weighted by Gasteiger charge is 2.37. The summed E-state index contributed by atoms with van der Waals surface area (Å²) in [6.07, 6.45) is 0. The number of carboxylic acid groups (broad SMARTS) is 1. The van der Waals surface area contributed by atoms with Crippen molar-refractivity contribution in [1.82, 2.24) is 4.31 Å². The molecule has 0 amide bonds. The van der Waals surface area contributed by atoms with Crippen molar-refractivity contribution in [2.45, 2.75) is 31.2 Å². The zero-order chi connectivity index (χ0) is 15.7. The Morgan fingerprint density at radius 3 is 2.30 bits per heavy atom. The smallest absolute Gasteiger partial charge is 0.318 e. The second-order valence-corrected chi connectivity index (χ2v) is 7.74. The predicted molar refractivity (Wildman–Crippen MR) is 77.7 cm³/mol. The van der Waals surface area contributed by atoms with Gasteiger partial charge in [0.05, 0.1) is 10.0 Å². The largest absolute Gasteiger partial charge is 0.480 e. The lowest BCUT2D eigenvalue weighted by molar-refractivity contribution is -0.138. The van der Waals surface area contributed by atoms with Crippen molar-refractivity contribution in [3.8, 4) is 0 Å². The molecule has 20 heavy (non-hydrogen) atoms. The number of nitrogens with zero attached hydrogens (tertiary/aromatic N) is 1. The Labute approximate surface area is 128 Å². The molecule has 0 atom stereocenters. The maximum atomic E-state index is 12.6. The highest BCUT2D eigenvalue weighted by Crippen LogP contribution is 2.33. The van der Waals surface area contributed by atoms with E-state index in [1.54, 1.807) is 20.8 Å². The van der Waals surface area contributed by atoms with Crippen LogP contribution >= 0.6 is 23.2 Å². The Morgan fingerprint density at radius 2 is 1.85 bits per heavy atom. The molecule has 0 fully saturated rings. The van der Waals surface area contributed by atoms with E-state index in [1.807, 2.05) is 0 Å². The minimum atomic E-state index is -4.07. The van der Waals surface area contributed by atoms with Gasteiger partial charge in [-0.25, -0.2) is 8.42 Å². The van der Waals surface area contributed by atoms with Gasteiger partial charge in [0.2, 0.25) is 10.0 Å². The molecule has 0 spiro atoms. The van der Waals surface area contributed by atoms with Gasteiger partial charge in [0, 0.05) is 5.54 Å². The quantitative estimate of drug-likeness (QED) is 0.915. The van der Waals surface area contributed by atoms with Gasteiger partial charge in [-0.1, -0.05) is 29.3 Å². The summed E-state index contributed by atoms with van der Waals surface area (Å²) < 4.78 is 26.1. The number of carbonyl (C=O) groups is 1. The van der Waals surface area contributed by atoms with Crippen LogP contribution in [0.4, 0.5) is 0 Å². The Bertz CT molecular complexity index is 623. The van der Waals surface area contributed by atoms with E-state index in [0.717, 1.165) is 4.31 Å². The van der Waals surface area contributed by atoms with E-state index in [9.17, 15) is 13.2 Å². The Balaban J connectivity index is 3.45. The maximum Gasteiger partial charge on any atom is 0.318 e. The van der Waals surface area contributed by atoms with Crippen molar-refractivity contribution >= 4 is 39.2 Å². The topological polar surface area (TPSA) is 74.7 Å². The zero-order valence-electron chi connectivity index (χ0n) is 11.2. The summed E-state index contributed by atoms with van der Waals surface area (Å²) in [5, 5.41) is 8.89. The van der Waals surface area contributed by atoms with Crippen molar-refractivity contribution in [1.29, 1.82) is 0 Å². The molecule has 112 valence electrons. The number of hydrogen-bond donors (Lipinski definition) is 1. The molecule has 0 bridgehead atoms. The summed E-state index contributed by atoms with van der Waals surface area (Å²) in [5.41, 5.74) is -0.914. The summed E-state index contributed by atoms with van der Waals surface area (Å²) in [5.74, 6) is -1.25. The number of carboxylic acids is 1. The lowest BCUT2D eigenvalue weighted by Crippen LogP contribution is -2.48. The molecular weight excluding hydrogens is 325 g/mol. The summed E-state index contributed by atoms with van der Waals surface area (Å²) in [4.78, 5) is 10.7. The Morgan fingerprint density at radius 1 is 1.30 bits per heavy atom. The minimum absolute atomic E-state index is 0.0944. The first-order valence-corrected chi connectivity index (χ1v) is 7.86. The van der Waals surface area contributed by atoms with Gasteiger partial charge in [-0.2, -0.15) is 4.31 Å². The van der Waals surface area contributed by atoms with Crippen LogP contribution in [0, 0.1) is 0 Å². The first-order valence-electron chi connectivity index (χ1n) is 5.66. The molecule has 1 aromatic carbocycles. The van der Waals surface area contributed by atoms with Crippen LogP contribution in [-0.4, -0.2) is 35.9 Å². The van der Waals surface area contributed by atoms with Crippen LogP contribution in [0.2, 0.25) is 10.0 Å². The molecule has 1 aromatic rings. The van der Waals surface area contributed by atoms with Gasteiger partial charge in [0.1, 0.15) is 11.4 Å². The first kappa shape index (κ1) is 17.2. The molecule has 0 aliphatic carbocycles. The van der Waals surface area contributed by atoms with Crippen molar-refractivity contribution < 1.29 is 18.3 Å². The standard InChI is InChI=1S/C12H15Cl2NO4S/c1-12(2,3)15(7-10(16)17)20(18,19)9-6-4-5-8(13)11(9)14/h4-6H,7H2,1-3H3,(H,16,17). The van der Waals surface area contributed by atoms with Crippen molar-refractivity contribution in [2.24, 2.45) is 0 Å². The molecule has 8 heteroatoms. The van der Waals surface area contributed by atoms with Crippen LogP contribution in [-0.2, 0) is 14.8 Å². The highest BCUT2D eigenvalue weighted by molar-refractivity contribution is 7.89. The molecular formula is C12H15Cl2NO4S. The predicted octanol–water partition coefficient (Wildman–Crippen LogP) is 2.87. The van der Waals surface area contributed by atoms with Gasteiger partial charge in [0.15, 0.2) is 0 Å². The average molecular weight is 340 g/mol. The van der Waals surface area contributed by atoms with E-state index in [2.05, 4.69) is 0 Å². The summed E-state index contributed by atoms with van der Waals surface area (Å²) in [6, 6.07) is 4.20. The third kappa shape index (κ3) is 3.63. The average Bonchev–Trinajstić information content (AvgIpc) is 2.27. The Hall–Kier alpha value is -0.820. The second kappa shape index (κ2) is 5.89. The number of halogens is 2. The van der Waals surface area contributed by atoms with E-state index in [4.69, 9.17) is 28.3 Å². The molecule has 0 unspecified atom stereocenters. The van der Waals surface area contributed by atoms with E-state index >= 15 is 0 Å². The monoisotopic (exact) mass is 339 g/mol. The van der Waals surface area contributed by atoms with Crippen LogP contribution < -0.4 is 0 Å². The Kier molecular flexibility index (Phi) is 5.08. The first-order chi connectivity index (χ1) is 8.98. The summed E-state index contributed by atoms with van der Waals surface area (Å²) in [6.45, 7) is 4.15. The van der Waals surface area contributed by atoms with Gasteiger partial charge in [-0.05, 0) is 32.9 Å². The second-order valence-electron chi connectivity index (χ2n) is 5.13. The lowest BCUT2D eigenvalue weighted by atomic mass is 10.1. The fraction of sp³-hybridized carbons (Fsp3) is 0.417. The summed E-state index contributed by atoms with van der Waals surface area (Å²) in [7, 11) is -4.07. The van der Waals surface area contributed by atoms with E-state index in [1.165, 1.54) is 18.2 Å². The number of hydrogen-bond acceptors (Lipinski definition) is 3. The van der Waals surface area contributed by atoms with Crippen LogP contribution in [0.3, 0.4) is 0 Å². The fourth-order valence-corrected chi connectivity index (χ4v) is 4.08. The normalized spacial score (nSPS) is 12.7. The van der Waals surface area contributed by atoms with Gasteiger partial charge in [-0.15, -0.1) is 0 Å². The molecule has 0 radical (unpaired) electrons. The molecule has 0 aromatic heterocycles. The van der Waals surface area contributed by atoms with E-state index < -0.39 is 28.1 Å². The molecule has 1 rings (SSSR count). The van der Waals surface area contributed by atoms with Crippen LogP contribution in [0.15, 0.2) is 23.1 Å². The molecule has 0 heterocycles. The van der Waals surface area contributed by atoms with Crippen molar-refractivity contribution in [3.05, 3.63) is 28.2 Å². The summed E-state index contributed by atoms with van der Waals surface area (Å²) >= 11 is 11.7. The molecule has 0 aliphatic heterocycles. The zero-order valence-corrected chi connectivity index (χ0v) is 13.6. The number of benzene rings is 1. The van der Waals surface area contributed by atoms with E-state index in [0.29, 0.717) is 0 Å². The van der Waals surface area contributed by atoms with Crippen molar-refractivity contribution in [3.63, 3.8) is 0 Å². The third-order valence-electron chi connectivity index (χ3n) is 2.51. The van der Waals surface area contributed by atoms with E-state index in [-0.39, 0.29) is 14.9 Å². The number of sulfonamides is 1. The molecule has 1 N–H and O–H groups in total. The molecule has 0 saturated heterocycles. The molecule has 0 aliphatic rings. The van der Waals surface area contributed by atoms with Crippen LogP contribution in [0.1, 0.15) is 20.8 Å². The van der Waals surface area contributed by atoms with Crippen LogP contribution in [0.25, 0.3) is 0 Å². The third-order valence-corrected chi connectivity index (χ3v) is 5.60. The van der Waals surface area contributed by atoms with Gasteiger partial charge < -0.3 is 5.11 Å².